The molecule has 0 bridgehead atoms. The van der Waals surface area contributed by atoms with Crippen LogP contribution in [0.4, 0.5) is 5.69 Å². The highest BCUT2D eigenvalue weighted by molar-refractivity contribution is 6.31. The fourth-order valence-corrected chi connectivity index (χ4v) is 4.10. The summed E-state index contributed by atoms with van der Waals surface area (Å²) in [6.45, 7) is 3.39. The van der Waals surface area contributed by atoms with Gasteiger partial charge >= 0.3 is 0 Å². The van der Waals surface area contributed by atoms with E-state index >= 15 is 0 Å². The van der Waals surface area contributed by atoms with Crippen LogP contribution in [-0.4, -0.2) is 42.7 Å². The van der Waals surface area contributed by atoms with Crippen LogP contribution in [0, 0.1) is 5.92 Å². The molecule has 0 amide bonds. The molecule has 0 spiro atoms. The number of halogens is 1. The molecule has 2 saturated heterocycles. The van der Waals surface area contributed by atoms with Gasteiger partial charge < -0.3 is 14.9 Å². The Morgan fingerprint density at radius 3 is 2.95 bits per heavy atom. The quantitative estimate of drug-likeness (QED) is 0.908. The van der Waals surface area contributed by atoms with Gasteiger partial charge in [0, 0.05) is 35.4 Å². The molecule has 0 aliphatic carbocycles. The number of hydrogen-bond donors (Lipinski definition) is 1. The molecule has 2 unspecified atom stereocenters. The second-order valence-corrected chi connectivity index (χ2v) is 6.49. The number of aliphatic hydroxyl groups is 1. The zero-order valence-electron chi connectivity index (χ0n) is 12.1. The summed E-state index contributed by atoms with van der Waals surface area (Å²) in [5.74, 6) is 0.744. The highest BCUT2D eigenvalue weighted by Crippen LogP contribution is 2.35. The molecule has 2 fully saturated rings. The molecule has 2 atom stereocenters. The Balaban J connectivity index is 1.81. The minimum Gasteiger partial charge on any atom is -0.392 e. The van der Waals surface area contributed by atoms with Crippen LogP contribution in [0.5, 0.6) is 0 Å². The maximum absolute atomic E-state index is 9.59. The Hall–Kier alpha value is -0.770. The van der Waals surface area contributed by atoms with Crippen molar-refractivity contribution in [1.82, 2.24) is 4.90 Å². The third-order valence-corrected chi connectivity index (χ3v) is 5.29. The third kappa shape index (κ3) is 2.54. The maximum atomic E-state index is 9.59. The summed E-state index contributed by atoms with van der Waals surface area (Å²) in [5, 5.41) is 10.3. The molecular formula is C16H23ClN2O. The summed E-state index contributed by atoms with van der Waals surface area (Å²) in [6, 6.07) is 6.66. The van der Waals surface area contributed by atoms with Gasteiger partial charge in [-0.1, -0.05) is 17.7 Å². The minimum absolute atomic E-state index is 0.0134. The van der Waals surface area contributed by atoms with Crippen molar-refractivity contribution in [1.29, 1.82) is 0 Å². The fourth-order valence-electron chi connectivity index (χ4n) is 3.87. The lowest BCUT2D eigenvalue weighted by Gasteiger charge is -2.47. The zero-order chi connectivity index (χ0) is 14.1. The number of nitrogens with zero attached hydrogens (tertiary/aromatic N) is 2. The number of likely N-dealkylation sites (tertiary alicyclic amines) is 1. The Morgan fingerprint density at radius 1 is 1.30 bits per heavy atom. The number of fused-ring (bicyclic) bond motifs is 1. The zero-order valence-corrected chi connectivity index (χ0v) is 12.8. The van der Waals surface area contributed by atoms with E-state index in [1.54, 1.807) is 0 Å². The van der Waals surface area contributed by atoms with Crippen LogP contribution in [0.3, 0.4) is 0 Å². The number of aliphatic hydroxyl groups excluding tert-OH is 1. The lowest BCUT2D eigenvalue weighted by molar-refractivity contribution is 0.102. The standard InChI is InChI=1S/C16H23ClN2O/c1-18-8-3-4-12-10-19(9-7-15(12)18)16-6-2-5-14(17)13(16)11-20/h2,5-6,12,15,20H,3-4,7-11H2,1H3. The largest absolute Gasteiger partial charge is 0.392 e. The van der Waals surface area contributed by atoms with Crippen LogP contribution in [-0.2, 0) is 6.61 Å². The van der Waals surface area contributed by atoms with Crippen molar-refractivity contribution in [3.63, 3.8) is 0 Å². The van der Waals surface area contributed by atoms with Crippen molar-refractivity contribution >= 4 is 17.3 Å². The molecule has 1 N–H and O–H groups in total. The first-order valence-corrected chi connectivity index (χ1v) is 7.92. The lowest BCUT2D eigenvalue weighted by Crippen LogP contribution is -2.52. The first kappa shape index (κ1) is 14.2. The normalized spacial score (nSPS) is 27.4. The molecule has 1 aromatic carbocycles. The van der Waals surface area contributed by atoms with Crippen molar-refractivity contribution in [2.45, 2.75) is 31.9 Å². The molecule has 1 aromatic rings. The average Bonchev–Trinajstić information content (AvgIpc) is 2.47. The smallest absolute Gasteiger partial charge is 0.0716 e. The van der Waals surface area contributed by atoms with Gasteiger partial charge in [0.25, 0.3) is 0 Å². The predicted molar refractivity (Wildman–Crippen MR) is 83.3 cm³/mol. The van der Waals surface area contributed by atoms with Crippen LogP contribution >= 0.6 is 11.6 Å². The predicted octanol–water partition coefficient (Wildman–Crippen LogP) is 2.75. The average molecular weight is 295 g/mol. The van der Waals surface area contributed by atoms with E-state index in [2.05, 4.69) is 22.9 Å². The van der Waals surface area contributed by atoms with E-state index in [-0.39, 0.29) is 6.61 Å². The van der Waals surface area contributed by atoms with E-state index in [9.17, 15) is 5.11 Å². The second kappa shape index (κ2) is 5.92. The number of piperidine rings is 2. The van der Waals surface area contributed by atoms with Crippen LogP contribution in [0.25, 0.3) is 0 Å². The van der Waals surface area contributed by atoms with Gasteiger partial charge in [-0.3, -0.25) is 0 Å². The Morgan fingerprint density at radius 2 is 2.15 bits per heavy atom. The van der Waals surface area contributed by atoms with E-state index in [1.807, 2.05) is 12.1 Å². The molecule has 110 valence electrons. The SMILES string of the molecule is CN1CCCC2CN(c3cccc(Cl)c3CO)CCC21. The monoisotopic (exact) mass is 294 g/mol. The Labute approximate surface area is 126 Å². The molecule has 2 aliphatic heterocycles. The summed E-state index contributed by atoms with van der Waals surface area (Å²) in [6.07, 6.45) is 3.83. The second-order valence-electron chi connectivity index (χ2n) is 6.08. The van der Waals surface area contributed by atoms with Crippen LogP contribution in [0.1, 0.15) is 24.8 Å². The van der Waals surface area contributed by atoms with Gasteiger partial charge in [-0.2, -0.15) is 0 Å². The molecule has 2 heterocycles. The van der Waals surface area contributed by atoms with Crippen LogP contribution < -0.4 is 4.90 Å². The van der Waals surface area contributed by atoms with Gasteiger partial charge in [-0.05, 0) is 50.9 Å². The van der Waals surface area contributed by atoms with Gasteiger partial charge in [-0.15, -0.1) is 0 Å². The van der Waals surface area contributed by atoms with Gasteiger partial charge in [0.15, 0.2) is 0 Å². The maximum Gasteiger partial charge on any atom is 0.0716 e. The molecule has 20 heavy (non-hydrogen) atoms. The first-order valence-electron chi connectivity index (χ1n) is 7.54. The summed E-state index contributed by atoms with van der Waals surface area (Å²) >= 11 is 6.21. The van der Waals surface area contributed by atoms with E-state index in [0.717, 1.165) is 36.3 Å². The highest BCUT2D eigenvalue weighted by Gasteiger charge is 2.34. The Kier molecular flexibility index (Phi) is 4.20. The van der Waals surface area contributed by atoms with E-state index in [0.29, 0.717) is 5.02 Å². The van der Waals surface area contributed by atoms with Gasteiger partial charge in [0.1, 0.15) is 0 Å². The minimum atomic E-state index is 0.0134. The van der Waals surface area contributed by atoms with Gasteiger partial charge in [-0.25, -0.2) is 0 Å². The van der Waals surface area contributed by atoms with Crippen LogP contribution in [0.15, 0.2) is 18.2 Å². The highest BCUT2D eigenvalue weighted by atomic mass is 35.5. The summed E-state index contributed by atoms with van der Waals surface area (Å²) in [5.41, 5.74) is 1.99. The first-order chi connectivity index (χ1) is 9.70. The molecule has 4 heteroatoms. The number of anilines is 1. The molecular weight excluding hydrogens is 272 g/mol. The van der Waals surface area contributed by atoms with Crippen molar-refractivity contribution < 1.29 is 5.11 Å². The molecule has 2 aliphatic rings. The molecule has 3 rings (SSSR count). The summed E-state index contributed by atoms with van der Waals surface area (Å²) in [4.78, 5) is 4.94. The molecule has 0 radical (unpaired) electrons. The summed E-state index contributed by atoms with van der Waals surface area (Å²) in [7, 11) is 2.25. The molecule has 0 aromatic heterocycles. The topological polar surface area (TPSA) is 26.7 Å². The van der Waals surface area contributed by atoms with Crippen LogP contribution in [0.2, 0.25) is 5.02 Å². The van der Waals surface area contributed by atoms with E-state index in [1.165, 1.54) is 25.8 Å². The number of benzene rings is 1. The Bertz CT molecular complexity index is 480. The van der Waals surface area contributed by atoms with E-state index in [4.69, 9.17) is 11.6 Å². The number of hydrogen-bond acceptors (Lipinski definition) is 3. The van der Waals surface area contributed by atoms with Crippen molar-refractivity contribution in [3.05, 3.63) is 28.8 Å². The molecule has 0 saturated carbocycles. The summed E-state index contributed by atoms with van der Waals surface area (Å²) < 4.78 is 0. The van der Waals surface area contributed by atoms with E-state index < -0.39 is 0 Å². The molecule has 3 nitrogen and oxygen atoms in total. The van der Waals surface area contributed by atoms with Gasteiger partial charge in [0.05, 0.1) is 6.61 Å². The van der Waals surface area contributed by atoms with Crippen molar-refractivity contribution in [3.8, 4) is 0 Å². The lowest BCUT2D eigenvalue weighted by atomic mass is 9.84. The number of rotatable bonds is 2. The van der Waals surface area contributed by atoms with Crippen molar-refractivity contribution in [2.24, 2.45) is 5.92 Å². The third-order valence-electron chi connectivity index (χ3n) is 4.94. The van der Waals surface area contributed by atoms with Crippen molar-refractivity contribution in [2.75, 3.05) is 31.6 Å². The fraction of sp³-hybridized carbons (Fsp3) is 0.625. The van der Waals surface area contributed by atoms with Gasteiger partial charge in [0.2, 0.25) is 0 Å².